The second-order valence-corrected chi connectivity index (χ2v) is 5.13. The molecule has 21 heavy (non-hydrogen) atoms. The molecule has 2 aromatic rings. The molecule has 110 valence electrons. The summed E-state index contributed by atoms with van der Waals surface area (Å²) in [5, 5.41) is 18.8. The lowest BCUT2D eigenvalue weighted by Crippen LogP contribution is -2.01. The highest BCUT2D eigenvalue weighted by atomic mass is 19.1. The highest BCUT2D eigenvalue weighted by Crippen LogP contribution is 2.34. The molecule has 0 aromatic heterocycles. The number of halogens is 1. The second kappa shape index (κ2) is 5.95. The highest BCUT2D eigenvalue weighted by Gasteiger charge is 2.14. The van der Waals surface area contributed by atoms with Gasteiger partial charge in [0.2, 0.25) is 0 Å². The molecule has 4 heteroatoms. The van der Waals surface area contributed by atoms with Crippen molar-refractivity contribution in [2.24, 2.45) is 0 Å². The molecule has 0 bridgehead atoms. The summed E-state index contributed by atoms with van der Waals surface area (Å²) in [6.07, 6.45) is 0.00204. The van der Waals surface area contributed by atoms with Crippen LogP contribution in [0.1, 0.15) is 23.1 Å². The maximum Gasteiger partial charge on any atom is 0.303 e. The van der Waals surface area contributed by atoms with E-state index in [0.717, 1.165) is 5.56 Å². The van der Waals surface area contributed by atoms with Gasteiger partial charge in [-0.1, -0.05) is 12.1 Å². The predicted molar refractivity (Wildman–Crippen MR) is 78.9 cm³/mol. The van der Waals surface area contributed by atoms with Crippen LogP contribution < -0.4 is 0 Å². The van der Waals surface area contributed by atoms with Gasteiger partial charge in [0.15, 0.2) is 0 Å². The summed E-state index contributed by atoms with van der Waals surface area (Å²) in [6, 6.07) is 8.48. The van der Waals surface area contributed by atoms with E-state index in [-0.39, 0.29) is 24.4 Å². The molecule has 0 fully saturated rings. The van der Waals surface area contributed by atoms with Gasteiger partial charge in [-0.05, 0) is 60.7 Å². The Kier molecular flexibility index (Phi) is 4.26. The van der Waals surface area contributed by atoms with Crippen LogP contribution in [0.25, 0.3) is 11.1 Å². The number of aryl methyl sites for hydroxylation is 3. The Labute approximate surface area is 122 Å². The Morgan fingerprint density at radius 2 is 1.90 bits per heavy atom. The van der Waals surface area contributed by atoms with Crippen molar-refractivity contribution in [2.75, 3.05) is 0 Å². The fourth-order valence-electron chi connectivity index (χ4n) is 2.44. The zero-order valence-electron chi connectivity index (χ0n) is 12.0. The molecule has 0 unspecified atom stereocenters. The fourth-order valence-corrected chi connectivity index (χ4v) is 2.44. The standard InChI is InChI=1S/C17H17FO3/c1-10-4-3-5-14(19)16(10)13-8-11(2)17(18)12(9-13)6-7-15(20)21/h3-5,8-9,19H,6-7H2,1-2H3,(H,20,21). The summed E-state index contributed by atoms with van der Waals surface area (Å²) in [7, 11) is 0. The smallest absolute Gasteiger partial charge is 0.303 e. The van der Waals surface area contributed by atoms with Crippen molar-refractivity contribution in [3.05, 3.63) is 52.8 Å². The average molecular weight is 288 g/mol. The highest BCUT2D eigenvalue weighted by molar-refractivity contribution is 5.75. The number of hydrogen-bond acceptors (Lipinski definition) is 2. The number of carboxylic acids is 1. The molecule has 0 atom stereocenters. The van der Waals surface area contributed by atoms with E-state index in [1.165, 1.54) is 0 Å². The number of carboxylic acid groups (broad SMARTS) is 1. The molecule has 0 aliphatic rings. The van der Waals surface area contributed by atoms with E-state index in [4.69, 9.17) is 5.11 Å². The summed E-state index contributed by atoms with van der Waals surface area (Å²) in [6.45, 7) is 3.50. The van der Waals surface area contributed by atoms with Gasteiger partial charge in [0.05, 0.1) is 0 Å². The third-order valence-electron chi connectivity index (χ3n) is 3.48. The van der Waals surface area contributed by atoms with Crippen LogP contribution in [-0.4, -0.2) is 16.2 Å². The molecule has 0 heterocycles. The Hall–Kier alpha value is -2.36. The lowest BCUT2D eigenvalue weighted by atomic mass is 9.94. The van der Waals surface area contributed by atoms with Crippen LogP contribution in [-0.2, 0) is 11.2 Å². The first-order valence-corrected chi connectivity index (χ1v) is 6.70. The van der Waals surface area contributed by atoms with Crippen LogP contribution in [0, 0.1) is 19.7 Å². The maximum atomic E-state index is 14.1. The number of hydrogen-bond donors (Lipinski definition) is 2. The van der Waals surface area contributed by atoms with Crippen LogP contribution in [0.4, 0.5) is 4.39 Å². The van der Waals surface area contributed by atoms with E-state index >= 15 is 0 Å². The molecule has 2 aromatic carbocycles. The summed E-state index contributed by atoms with van der Waals surface area (Å²) in [5.41, 5.74) is 3.03. The largest absolute Gasteiger partial charge is 0.507 e. The normalized spacial score (nSPS) is 10.6. The Balaban J connectivity index is 2.53. The van der Waals surface area contributed by atoms with Crippen LogP contribution in [0.2, 0.25) is 0 Å². The summed E-state index contributed by atoms with van der Waals surface area (Å²) >= 11 is 0. The fraction of sp³-hybridized carbons (Fsp3) is 0.235. The molecule has 0 saturated heterocycles. The molecule has 0 aliphatic heterocycles. The van der Waals surface area contributed by atoms with Gasteiger partial charge in [-0.2, -0.15) is 0 Å². The molecular weight excluding hydrogens is 271 g/mol. The number of benzene rings is 2. The SMILES string of the molecule is Cc1cc(-c2c(C)cccc2O)cc(CCC(=O)O)c1F. The van der Waals surface area contributed by atoms with E-state index < -0.39 is 5.97 Å². The van der Waals surface area contributed by atoms with E-state index in [0.29, 0.717) is 22.3 Å². The number of aromatic hydroxyl groups is 1. The number of carbonyl (C=O) groups is 1. The minimum atomic E-state index is -0.962. The number of aliphatic carboxylic acids is 1. The Bertz CT molecular complexity index is 672. The van der Waals surface area contributed by atoms with E-state index in [1.807, 2.05) is 13.0 Å². The molecule has 2 N–H and O–H groups in total. The van der Waals surface area contributed by atoms with Gasteiger partial charge in [-0.25, -0.2) is 4.39 Å². The van der Waals surface area contributed by atoms with E-state index in [2.05, 4.69) is 0 Å². The van der Waals surface area contributed by atoms with Gasteiger partial charge in [-0.15, -0.1) is 0 Å². The summed E-state index contributed by atoms with van der Waals surface area (Å²) in [5.74, 6) is -1.21. The monoisotopic (exact) mass is 288 g/mol. The van der Waals surface area contributed by atoms with Crippen molar-refractivity contribution in [2.45, 2.75) is 26.7 Å². The average Bonchev–Trinajstić information content (AvgIpc) is 2.40. The first kappa shape index (κ1) is 15.0. The zero-order chi connectivity index (χ0) is 15.6. The topological polar surface area (TPSA) is 57.5 Å². The van der Waals surface area contributed by atoms with Gasteiger partial charge in [0.1, 0.15) is 11.6 Å². The van der Waals surface area contributed by atoms with Gasteiger partial charge < -0.3 is 10.2 Å². The van der Waals surface area contributed by atoms with E-state index in [9.17, 15) is 14.3 Å². The van der Waals surface area contributed by atoms with Crippen molar-refractivity contribution in [1.82, 2.24) is 0 Å². The lowest BCUT2D eigenvalue weighted by molar-refractivity contribution is -0.136. The second-order valence-electron chi connectivity index (χ2n) is 5.13. The van der Waals surface area contributed by atoms with Gasteiger partial charge in [0.25, 0.3) is 0 Å². The third kappa shape index (κ3) is 3.21. The van der Waals surface area contributed by atoms with Crippen molar-refractivity contribution in [1.29, 1.82) is 0 Å². The summed E-state index contributed by atoms with van der Waals surface area (Å²) < 4.78 is 14.1. The van der Waals surface area contributed by atoms with Crippen molar-refractivity contribution in [3.63, 3.8) is 0 Å². The molecule has 3 nitrogen and oxygen atoms in total. The van der Waals surface area contributed by atoms with Crippen molar-refractivity contribution in [3.8, 4) is 16.9 Å². The van der Waals surface area contributed by atoms with Crippen LogP contribution in [0.15, 0.2) is 30.3 Å². The molecule has 0 amide bonds. The zero-order valence-corrected chi connectivity index (χ0v) is 12.0. The Morgan fingerprint density at radius 1 is 1.19 bits per heavy atom. The summed E-state index contributed by atoms with van der Waals surface area (Å²) in [4.78, 5) is 10.7. The van der Waals surface area contributed by atoms with Gasteiger partial charge in [0, 0.05) is 12.0 Å². The minimum Gasteiger partial charge on any atom is -0.507 e. The number of phenolic OH excluding ortho intramolecular Hbond substituents is 1. The van der Waals surface area contributed by atoms with Crippen LogP contribution in [0.3, 0.4) is 0 Å². The molecule has 0 aliphatic carbocycles. The van der Waals surface area contributed by atoms with Gasteiger partial charge in [-0.3, -0.25) is 4.79 Å². The minimum absolute atomic E-state index is 0.125. The maximum absolute atomic E-state index is 14.1. The number of phenols is 1. The predicted octanol–water partition coefficient (Wildman–Crippen LogP) is 3.83. The molecule has 0 spiro atoms. The first-order chi connectivity index (χ1) is 9.90. The first-order valence-electron chi connectivity index (χ1n) is 6.70. The molecule has 2 rings (SSSR count). The van der Waals surface area contributed by atoms with Crippen molar-refractivity contribution >= 4 is 5.97 Å². The lowest BCUT2D eigenvalue weighted by Gasteiger charge is -2.13. The van der Waals surface area contributed by atoms with Crippen LogP contribution >= 0.6 is 0 Å². The Morgan fingerprint density at radius 3 is 2.52 bits per heavy atom. The molecular formula is C17H17FO3. The molecule has 0 radical (unpaired) electrons. The van der Waals surface area contributed by atoms with E-state index in [1.54, 1.807) is 31.2 Å². The quantitative estimate of drug-likeness (QED) is 0.899. The van der Waals surface area contributed by atoms with Crippen LogP contribution in [0.5, 0.6) is 5.75 Å². The number of rotatable bonds is 4. The van der Waals surface area contributed by atoms with Gasteiger partial charge >= 0.3 is 5.97 Å². The molecule has 0 saturated carbocycles. The third-order valence-corrected chi connectivity index (χ3v) is 3.48. The van der Waals surface area contributed by atoms with Crippen molar-refractivity contribution < 1.29 is 19.4 Å².